The van der Waals surface area contributed by atoms with Gasteiger partial charge in [0, 0.05) is 5.56 Å². The minimum atomic E-state index is -0.183. The highest BCUT2D eigenvalue weighted by Gasteiger charge is 2.29. The molecule has 4 N–H and O–H groups in total. The van der Waals surface area contributed by atoms with Gasteiger partial charge in [-0.3, -0.25) is 4.79 Å². The van der Waals surface area contributed by atoms with Gasteiger partial charge in [-0.15, -0.1) is 0 Å². The number of benzene rings is 1. The lowest BCUT2D eigenvalue weighted by molar-refractivity contribution is -1.02. The van der Waals surface area contributed by atoms with Crippen molar-refractivity contribution in [1.29, 1.82) is 0 Å². The SMILES string of the molecule is Cc1cccc(C[NH+]2CC[NH+]([C@@H](C)C(N)=O)CC2)c1. The normalized spacial score (nSPS) is 24.9. The first kappa shape index (κ1) is 14.0. The first-order valence-electron chi connectivity index (χ1n) is 7.09. The van der Waals surface area contributed by atoms with Gasteiger partial charge in [-0.05, 0) is 13.8 Å². The Kier molecular flexibility index (Phi) is 4.56. The first-order chi connectivity index (χ1) is 9.06. The third-order valence-corrected chi connectivity index (χ3v) is 4.18. The van der Waals surface area contributed by atoms with Gasteiger partial charge in [0.1, 0.15) is 32.7 Å². The highest BCUT2D eigenvalue weighted by Crippen LogP contribution is 2.01. The molecule has 1 heterocycles. The first-order valence-corrected chi connectivity index (χ1v) is 7.09. The van der Waals surface area contributed by atoms with Crippen molar-refractivity contribution in [2.45, 2.75) is 26.4 Å². The number of aryl methyl sites for hydroxylation is 1. The number of hydrogen-bond acceptors (Lipinski definition) is 1. The number of hydrogen-bond donors (Lipinski definition) is 3. The van der Waals surface area contributed by atoms with Gasteiger partial charge in [-0.1, -0.05) is 29.8 Å². The molecule has 1 aliphatic heterocycles. The van der Waals surface area contributed by atoms with E-state index in [-0.39, 0.29) is 11.9 Å². The zero-order chi connectivity index (χ0) is 13.8. The zero-order valence-electron chi connectivity index (χ0n) is 11.9. The van der Waals surface area contributed by atoms with E-state index < -0.39 is 0 Å². The maximum absolute atomic E-state index is 11.2. The number of primary amides is 1. The van der Waals surface area contributed by atoms with Crippen molar-refractivity contribution in [3.63, 3.8) is 0 Å². The molecule has 1 amide bonds. The van der Waals surface area contributed by atoms with Crippen molar-refractivity contribution in [3.05, 3.63) is 35.4 Å². The van der Waals surface area contributed by atoms with E-state index in [2.05, 4.69) is 31.2 Å². The summed E-state index contributed by atoms with van der Waals surface area (Å²) >= 11 is 0. The predicted molar refractivity (Wildman–Crippen MR) is 74.9 cm³/mol. The molecule has 0 aliphatic carbocycles. The van der Waals surface area contributed by atoms with Gasteiger partial charge in [0.05, 0.1) is 0 Å². The lowest BCUT2D eigenvalue weighted by Crippen LogP contribution is -3.29. The zero-order valence-corrected chi connectivity index (χ0v) is 11.9. The largest absolute Gasteiger partial charge is 0.365 e. The van der Waals surface area contributed by atoms with Gasteiger partial charge in [0.25, 0.3) is 5.91 Å². The summed E-state index contributed by atoms with van der Waals surface area (Å²) in [4.78, 5) is 14.1. The lowest BCUT2D eigenvalue weighted by atomic mass is 10.1. The smallest absolute Gasteiger partial charge is 0.275 e. The molecule has 1 saturated heterocycles. The van der Waals surface area contributed by atoms with Crippen LogP contribution >= 0.6 is 0 Å². The van der Waals surface area contributed by atoms with E-state index in [0.717, 1.165) is 32.7 Å². The van der Waals surface area contributed by atoms with Crippen LogP contribution in [-0.4, -0.2) is 38.1 Å². The Morgan fingerprint density at radius 2 is 2.00 bits per heavy atom. The van der Waals surface area contributed by atoms with Gasteiger partial charge >= 0.3 is 0 Å². The summed E-state index contributed by atoms with van der Waals surface area (Å²) in [6.45, 7) is 9.44. The number of nitrogens with two attached hydrogens (primary N) is 1. The van der Waals surface area contributed by atoms with E-state index in [1.165, 1.54) is 16.0 Å². The van der Waals surface area contributed by atoms with Crippen molar-refractivity contribution in [2.75, 3.05) is 26.2 Å². The van der Waals surface area contributed by atoms with Gasteiger partial charge in [-0.25, -0.2) is 0 Å². The second kappa shape index (κ2) is 6.17. The third-order valence-electron chi connectivity index (χ3n) is 4.18. The molecule has 4 nitrogen and oxygen atoms in total. The summed E-state index contributed by atoms with van der Waals surface area (Å²) in [5.74, 6) is -0.183. The van der Waals surface area contributed by atoms with Crippen LogP contribution in [0.3, 0.4) is 0 Å². The Morgan fingerprint density at radius 3 is 2.58 bits per heavy atom. The number of carbonyl (C=O) groups excluding carboxylic acids is 1. The summed E-state index contributed by atoms with van der Waals surface area (Å²) in [7, 11) is 0. The van der Waals surface area contributed by atoms with Gasteiger partial charge in [-0.2, -0.15) is 0 Å². The second-order valence-corrected chi connectivity index (χ2v) is 5.70. The molecule has 2 rings (SSSR count). The molecule has 0 saturated carbocycles. The highest BCUT2D eigenvalue weighted by molar-refractivity contribution is 5.77. The molecule has 0 unspecified atom stereocenters. The minimum absolute atomic E-state index is 0.0551. The molecule has 1 fully saturated rings. The van der Waals surface area contributed by atoms with Crippen LogP contribution in [0, 0.1) is 6.92 Å². The van der Waals surface area contributed by atoms with E-state index in [9.17, 15) is 4.79 Å². The third kappa shape index (κ3) is 3.78. The summed E-state index contributed by atoms with van der Waals surface area (Å²) in [5, 5.41) is 0. The summed E-state index contributed by atoms with van der Waals surface area (Å²) in [6, 6.07) is 8.67. The standard InChI is InChI=1S/C15H23N3O/c1-12-4-3-5-14(10-12)11-17-6-8-18(9-7-17)13(2)15(16)19/h3-5,10,13H,6-9,11H2,1-2H3,(H2,16,19)/p+2/t13-/m0/s1. The van der Waals surface area contributed by atoms with Crippen molar-refractivity contribution >= 4 is 5.91 Å². The number of rotatable bonds is 4. The van der Waals surface area contributed by atoms with Crippen LogP contribution in [-0.2, 0) is 11.3 Å². The molecule has 0 aromatic heterocycles. The van der Waals surface area contributed by atoms with Crippen LogP contribution in [0.1, 0.15) is 18.1 Å². The monoisotopic (exact) mass is 263 g/mol. The molecule has 1 aliphatic rings. The number of carbonyl (C=O) groups is 1. The Hall–Kier alpha value is -1.39. The maximum atomic E-state index is 11.2. The Labute approximate surface area is 115 Å². The van der Waals surface area contributed by atoms with E-state index >= 15 is 0 Å². The van der Waals surface area contributed by atoms with E-state index in [1.807, 2.05) is 6.92 Å². The number of piperazine rings is 1. The van der Waals surface area contributed by atoms with Crippen molar-refractivity contribution in [1.82, 2.24) is 0 Å². The Bertz CT molecular complexity index is 439. The molecular weight excluding hydrogens is 238 g/mol. The fraction of sp³-hybridized carbons (Fsp3) is 0.533. The molecule has 1 atom stereocenters. The molecule has 0 radical (unpaired) electrons. The van der Waals surface area contributed by atoms with Gasteiger partial charge in [0.15, 0.2) is 6.04 Å². The topological polar surface area (TPSA) is 52.0 Å². The molecule has 0 bridgehead atoms. The van der Waals surface area contributed by atoms with E-state index in [1.54, 1.807) is 4.90 Å². The predicted octanol–water partition coefficient (Wildman–Crippen LogP) is -1.85. The molecule has 0 spiro atoms. The van der Waals surface area contributed by atoms with Crippen LogP contribution in [0.2, 0.25) is 0 Å². The summed E-state index contributed by atoms with van der Waals surface area (Å²) < 4.78 is 0. The quantitative estimate of drug-likeness (QED) is 0.587. The van der Waals surface area contributed by atoms with Crippen LogP contribution in [0.15, 0.2) is 24.3 Å². The van der Waals surface area contributed by atoms with E-state index in [4.69, 9.17) is 5.73 Å². The number of quaternary nitrogens is 2. The average Bonchev–Trinajstić information content (AvgIpc) is 2.39. The summed E-state index contributed by atoms with van der Waals surface area (Å²) in [5.41, 5.74) is 8.10. The average molecular weight is 263 g/mol. The van der Waals surface area contributed by atoms with Gasteiger partial charge < -0.3 is 15.5 Å². The molecule has 19 heavy (non-hydrogen) atoms. The molecule has 1 aromatic rings. The fourth-order valence-electron chi connectivity index (χ4n) is 2.85. The van der Waals surface area contributed by atoms with Crippen molar-refractivity contribution < 1.29 is 14.6 Å². The lowest BCUT2D eigenvalue weighted by Gasteiger charge is -2.32. The summed E-state index contributed by atoms with van der Waals surface area (Å²) in [6.07, 6.45) is 0. The number of nitrogens with one attached hydrogen (secondary N) is 2. The maximum Gasteiger partial charge on any atom is 0.275 e. The minimum Gasteiger partial charge on any atom is -0.365 e. The fourth-order valence-corrected chi connectivity index (χ4v) is 2.85. The van der Waals surface area contributed by atoms with Crippen LogP contribution in [0.5, 0.6) is 0 Å². The van der Waals surface area contributed by atoms with Crippen LogP contribution in [0.4, 0.5) is 0 Å². The molecule has 1 aromatic carbocycles. The molecular formula is C15H25N3O+2. The number of amides is 1. The Morgan fingerprint density at radius 1 is 1.32 bits per heavy atom. The van der Waals surface area contributed by atoms with Crippen molar-refractivity contribution in [2.24, 2.45) is 5.73 Å². The second-order valence-electron chi connectivity index (χ2n) is 5.70. The highest BCUT2D eigenvalue weighted by atomic mass is 16.1. The van der Waals surface area contributed by atoms with Crippen molar-refractivity contribution in [3.8, 4) is 0 Å². The molecule has 4 heteroatoms. The Balaban J connectivity index is 1.85. The van der Waals surface area contributed by atoms with Crippen LogP contribution < -0.4 is 15.5 Å². The van der Waals surface area contributed by atoms with E-state index in [0.29, 0.717) is 0 Å². The molecule has 104 valence electrons. The van der Waals surface area contributed by atoms with Crippen LogP contribution in [0.25, 0.3) is 0 Å². The van der Waals surface area contributed by atoms with Gasteiger partial charge in [0.2, 0.25) is 0 Å².